The van der Waals surface area contributed by atoms with Crippen molar-refractivity contribution in [1.29, 1.82) is 0 Å². The van der Waals surface area contributed by atoms with Crippen LogP contribution >= 0.6 is 0 Å². The Labute approximate surface area is 229 Å². The number of ether oxygens (including phenoxy) is 1. The topological polar surface area (TPSA) is 70.6 Å². The molecule has 0 aromatic heterocycles. The average molecular weight is 537 g/mol. The molecule has 1 aliphatic heterocycles. The number of benzene rings is 3. The second-order valence-corrected chi connectivity index (χ2v) is 11.6. The van der Waals surface area contributed by atoms with E-state index in [1.165, 1.54) is 17.7 Å². The fraction of sp³-hybridized carbons (Fsp3) is 0.406. The SMILES string of the molecule is CC(C)(C)Cc1ccc2c(c1)[C@@H](NC[C@@H](O)[C@H](Cc1cc(F)cc(F)c1)NC(=O)Cc1ccccc1)CCO2. The minimum Gasteiger partial charge on any atom is -0.493 e. The molecule has 0 bridgehead atoms. The summed E-state index contributed by atoms with van der Waals surface area (Å²) in [6.45, 7) is 7.34. The van der Waals surface area contributed by atoms with Crippen molar-refractivity contribution in [2.75, 3.05) is 13.2 Å². The second kappa shape index (κ2) is 12.7. The zero-order valence-electron chi connectivity index (χ0n) is 22.8. The fourth-order valence-electron chi connectivity index (χ4n) is 5.09. The first-order valence-electron chi connectivity index (χ1n) is 13.5. The summed E-state index contributed by atoms with van der Waals surface area (Å²) < 4.78 is 33.6. The number of aliphatic hydroxyl groups is 1. The largest absolute Gasteiger partial charge is 0.493 e. The first-order valence-corrected chi connectivity index (χ1v) is 13.5. The van der Waals surface area contributed by atoms with E-state index in [0.29, 0.717) is 12.2 Å². The molecule has 3 aromatic carbocycles. The van der Waals surface area contributed by atoms with Gasteiger partial charge in [0.1, 0.15) is 17.4 Å². The molecule has 7 heteroatoms. The van der Waals surface area contributed by atoms with Gasteiger partial charge in [-0.25, -0.2) is 8.78 Å². The minimum absolute atomic E-state index is 0.0318. The molecule has 0 spiro atoms. The van der Waals surface area contributed by atoms with E-state index in [1.807, 2.05) is 36.4 Å². The molecule has 0 saturated carbocycles. The molecule has 1 heterocycles. The van der Waals surface area contributed by atoms with Gasteiger partial charge in [-0.1, -0.05) is 63.2 Å². The third kappa shape index (κ3) is 8.60. The molecular formula is C32H38F2N2O3. The van der Waals surface area contributed by atoms with Crippen LogP contribution in [-0.4, -0.2) is 36.3 Å². The summed E-state index contributed by atoms with van der Waals surface area (Å²) in [5.74, 6) is -0.840. The molecule has 4 rings (SSSR count). The van der Waals surface area contributed by atoms with Crippen LogP contribution in [0.2, 0.25) is 0 Å². The number of hydrogen-bond acceptors (Lipinski definition) is 4. The maximum absolute atomic E-state index is 13.9. The highest BCUT2D eigenvalue weighted by Gasteiger charge is 2.27. The third-order valence-corrected chi connectivity index (χ3v) is 6.82. The molecule has 0 unspecified atom stereocenters. The number of nitrogens with one attached hydrogen (secondary N) is 2. The first-order chi connectivity index (χ1) is 18.6. The van der Waals surface area contributed by atoms with Crippen LogP contribution in [0.4, 0.5) is 8.78 Å². The molecular weight excluding hydrogens is 498 g/mol. The Morgan fingerprint density at radius 3 is 2.41 bits per heavy atom. The van der Waals surface area contributed by atoms with Crippen molar-refractivity contribution in [3.05, 3.63) is 101 Å². The van der Waals surface area contributed by atoms with Gasteiger partial charge in [-0.05, 0) is 53.1 Å². The molecule has 0 radical (unpaired) electrons. The summed E-state index contributed by atoms with van der Waals surface area (Å²) in [5.41, 5.74) is 3.61. The van der Waals surface area contributed by atoms with Gasteiger partial charge in [0.2, 0.25) is 5.91 Å². The van der Waals surface area contributed by atoms with Crippen LogP contribution in [0.1, 0.15) is 55.5 Å². The smallest absolute Gasteiger partial charge is 0.224 e. The Bertz CT molecular complexity index is 1240. The molecule has 208 valence electrons. The lowest BCUT2D eigenvalue weighted by Crippen LogP contribution is -2.49. The van der Waals surface area contributed by atoms with Crippen LogP contribution in [0.3, 0.4) is 0 Å². The summed E-state index contributed by atoms with van der Waals surface area (Å²) in [6.07, 6.45) is 0.880. The molecule has 0 saturated heterocycles. The van der Waals surface area contributed by atoms with Gasteiger partial charge in [0.15, 0.2) is 0 Å². The van der Waals surface area contributed by atoms with E-state index in [4.69, 9.17) is 4.74 Å². The Balaban J connectivity index is 1.47. The molecule has 3 N–H and O–H groups in total. The van der Waals surface area contributed by atoms with Gasteiger partial charge < -0.3 is 20.5 Å². The highest BCUT2D eigenvalue weighted by molar-refractivity contribution is 5.79. The van der Waals surface area contributed by atoms with Crippen molar-refractivity contribution < 1.29 is 23.4 Å². The molecule has 3 aromatic rings. The van der Waals surface area contributed by atoms with E-state index in [9.17, 15) is 18.7 Å². The predicted molar refractivity (Wildman–Crippen MR) is 149 cm³/mol. The van der Waals surface area contributed by atoms with Gasteiger partial charge in [0.25, 0.3) is 0 Å². The summed E-state index contributed by atoms with van der Waals surface area (Å²) in [4.78, 5) is 12.9. The van der Waals surface area contributed by atoms with Gasteiger partial charge in [-0.2, -0.15) is 0 Å². The first kappa shape index (κ1) is 28.7. The monoisotopic (exact) mass is 536 g/mol. The van der Waals surface area contributed by atoms with Crippen LogP contribution < -0.4 is 15.4 Å². The molecule has 5 nitrogen and oxygen atoms in total. The number of halogens is 2. The molecule has 39 heavy (non-hydrogen) atoms. The van der Waals surface area contributed by atoms with Crippen molar-refractivity contribution in [2.45, 2.75) is 64.6 Å². The lowest BCUT2D eigenvalue weighted by molar-refractivity contribution is -0.122. The number of carbonyl (C=O) groups is 1. The predicted octanol–water partition coefficient (Wildman–Crippen LogP) is 5.30. The van der Waals surface area contributed by atoms with Gasteiger partial charge in [0.05, 0.1) is 25.2 Å². The van der Waals surface area contributed by atoms with Gasteiger partial charge in [-0.3, -0.25) is 4.79 Å². The van der Waals surface area contributed by atoms with E-state index in [-0.39, 0.29) is 36.8 Å². The maximum Gasteiger partial charge on any atom is 0.224 e. The Kier molecular flexibility index (Phi) is 9.36. The Morgan fingerprint density at radius 2 is 1.72 bits per heavy atom. The number of fused-ring (bicyclic) bond motifs is 1. The number of hydrogen-bond donors (Lipinski definition) is 3. The molecule has 0 fully saturated rings. The summed E-state index contributed by atoms with van der Waals surface area (Å²) in [7, 11) is 0. The third-order valence-electron chi connectivity index (χ3n) is 6.82. The quantitative estimate of drug-likeness (QED) is 0.329. The Morgan fingerprint density at radius 1 is 1.00 bits per heavy atom. The number of carbonyl (C=O) groups excluding carboxylic acids is 1. The van der Waals surface area contributed by atoms with E-state index in [2.05, 4.69) is 43.5 Å². The second-order valence-electron chi connectivity index (χ2n) is 11.6. The van der Waals surface area contributed by atoms with Crippen molar-refractivity contribution >= 4 is 5.91 Å². The highest BCUT2D eigenvalue weighted by Crippen LogP contribution is 2.34. The summed E-state index contributed by atoms with van der Waals surface area (Å²) in [5, 5.41) is 17.6. The standard InChI is InChI=1S/C32H38F2N2O3/c1-32(2,3)19-22-9-10-30-26(15-22)27(11-12-39-30)35-20-29(37)28(16-23-13-24(33)18-25(34)14-23)36-31(38)17-21-7-5-4-6-8-21/h4-10,13-15,18,27-29,35,37H,11-12,16-17,19-20H2,1-3H3,(H,36,38)/t27-,28-,29+/m0/s1. The van der Waals surface area contributed by atoms with E-state index in [0.717, 1.165) is 35.8 Å². The van der Waals surface area contributed by atoms with Gasteiger partial charge in [-0.15, -0.1) is 0 Å². The lowest BCUT2D eigenvalue weighted by atomic mass is 9.86. The van der Waals surface area contributed by atoms with E-state index < -0.39 is 23.8 Å². The number of aliphatic hydroxyl groups excluding tert-OH is 1. The van der Waals surface area contributed by atoms with Crippen LogP contribution in [0.5, 0.6) is 5.75 Å². The van der Waals surface area contributed by atoms with Crippen LogP contribution in [-0.2, 0) is 24.1 Å². The fourth-order valence-corrected chi connectivity index (χ4v) is 5.09. The van der Waals surface area contributed by atoms with Crippen molar-refractivity contribution in [3.63, 3.8) is 0 Å². The summed E-state index contributed by atoms with van der Waals surface area (Å²) in [6, 6.07) is 18.0. The normalized spacial score (nSPS) is 16.6. The average Bonchev–Trinajstić information content (AvgIpc) is 2.86. The number of rotatable bonds is 10. The highest BCUT2D eigenvalue weighted by atomic mass is 19.1. The van der Waals surface area contributed by atoms with Gasteiger partial charge >= 0.3 is 0 Å². The molecule has 1 aliphatic rings. The van der Waals surface area contributed by atoms with Gasteiger partial charge in [0, 0.05) is 30.6 Å². The van der Waals surface area contributed by atoms with E-state index >= 15 is 0 Å². The van der Waals surface area contributed by atoms with Crippen molar-refractivity contribution in [2.24, 2.45) is 5.41 Å². The van der Waals surface area contributed by atoms with Crippen molar-refractivity contribution in [1.82, 2.24) is 10.6 Å². The summed E-state index contributed by atoms with van der Waals surface area (Å²) >= 11 is 0. The Hall–Kier alpha value is -3.29. The molecule has 0 aliphatic carbocycles. The molecule has 3 atom stereocenters. The van der Waals surface area contributed by atoms with Crippen molar-refractivity contribution in [3.8, 4) is 5.75 Å². The van der Waals surface area contributed by atoms with Crippen LogP contribution in [0.25, 0.3) is 0 Å². The maximum atomic E-state index is 13.9. The minimum atomic E-state index is -1.000. The molecule has 1 amide bonds. The van der Waals surface area contributed by atoms with Crippen LogP contribution in [0, 0.1) is 17.0 Å². The zero-order valence-corrected chi connectivity index (χ0v) is 22.8. The zero-order chi connectivity index (χ0) is 28.0. The number of amides is 1. The lowest BCUT2D eigenvalue weighted by Gasteiger charge is -2.31. The van der Waals surface area contributed by atoms with E-state index in [1.54, 1.807) is 0 Å². The van der Waals surface area contributed by atoms with Crippen LogP contribution in [0.15, 0.2) is 66.7 Å².